The number of para-hydroxylation sites is 2. The van der Waals surface area contributed by atoms with E-state index in [4.69, 9.17) is 4.98 Å². The van der Waals surface area contributed by atoms with E-state index in [1.165, 1.54) is 37.7 Å². The van der Waals surface area contributed by atoms with Gasteiger partial charge in [0.1, 0.15) is 5.65 Å². The Morgan fingerprint density at radius 3 is 1.75 bits per heavy atom. The molecule has 2 aromatic heterocycles. The number of imidazole rings is 1. The third kappa shape index (κ3) is 4.48. The van der Waals surface area contributed by atoms with Crippen molar-refractivity contribution in [3.05, 3.63) is 188 Å². The van der Waals surface area contributed by atoms with Crippen LogP contribution in [0.5, 0.6) is 0 Å². The van der Waals surface area contributed by atoms with Crippen LogP contribution in [0, 0.1) is 0 Å². The van der Waals surface area contributed by atoms with Gasteiger partial charge in [-0.25, -0.2) is 4.98 Å². The molecule has 0 atom stereocenters. The van der Waals surface area contributed by atoms with Gasteiger partial charge in [0.15, 0.2) is 7.14 Å². The Morgan fingerprint density at radius 1 is 0.396 bits per heavy atom. The van der Waals surface area contributed by atoms with Gasteiger partial charge in [-0.2, -0.15) is 0 Å². The summed E-state index contributed by atoms with van der Waals surface area (Å²) in [5.41, 5.74) is 6.53. The molecule has 248 valence electrons. The molecule has 0 aliphatic rings. The highest BCUT2D eigenvalue weighted by molar-refractivity contribution is 7.85. The van der Waals surface area contributed by atoms with Crippen LogP contribution in [0.2, 0.25) is 0 Å². The van der Waals surface area contributed by atoms with E-state index in [0.717, 1.165) is 60.0 Å². The van der Waals surface area contributed by atoms with Crippen molar-refractivity contribution in [1.82, 2.24) is 9.38 Å². The number of fused-ring (bicyclic) bond motifs is 13. The largest absolute Gasteiger partial charge is 0.309 e. The second-order valence-corrected chi connectivity index (χ2v) is 16.7. The highest BCUT2D eigenvalue weighted by Gasteiger charge is 2.29. The predicted molar refractivity (Wildman–Crippen MR) is 225 cm³/mol. The summed E-state index contributed by atoms with van der Waals surface area (Å²) in [7, 11) is -3.07. The van der Waals surface area contributed by atoms with Crippen LogP contribution in [-0.2, 0) is 4.57 Å². The SMILES string of the molecule is O=P(c1ccccc1)(c1ccccc1)c1ccc2c(ccc3cc(-c4ccc5c6ccc7ccccc7c6c6nc7ccccc7n6c5c4)ccc32)c1. The lowest BCUT2D eigenvalue weighted by Crippen LogP contribution is -2.24. The molecular weight excluding hydrogens is 664 g/mol. The topological polar surface area (TPSA) is 34.4 Å². The van der Waals surface area contributed by atoms with Crippen molar-refractivity contribution in [3.8, 4) is 11.1 Å². The fourth-order valence-electron chi connectivity index (χ4n) is 8.46. The summed E-state index contributed by atoms with van der Waals surface area (Å²) < 4.78 is 17.4. The maximum Gasteiger partial charge on any atom is 0.171 e. The van der Waals surface area contributed by atoms with Crippen LogP contribution in [0.15, 0.2) is 188 Å². The smallest absolute Gasteiger partial charge is 0.171 e. The van der Waals surface area contributed by atoms with Gasteiger partial charge in [-0.1, -0.05) is 158 Å². The molecule has 0 saturated heterocycles. The minimum Gasteiger partial charge on any atom is -0.309 e. The van der Waals surface area contributed by atoms with Gasteiger partial charge in [-0.15, -0.1) is 0 Å². The van der Waals surface area contributed by atoms with Crippen LogP contribution >= 0.6 is 7.14 Å². The van der Waals surface area contributed by atoms with Gasteiger partial charge in [-0.05, 0) is 79.2 Å². The Labute approximate surface area is 305 Å². The van der Waals surface area contributed by atoms with Crippen LogP contribution in [-0.4, -0.2) is 9.38 Å². The zero-order valence-corrected chi connectivity index (χ0v) is 29.5. The lowest BCUT2D eigenvalue weighted by atomic mass is 9.95. The van der Waals surface area contributed by atoms with Gasteiger partial charge < -0.3 is 4.57 Å². The molecule has 0 N–H and O–H groups in total. The number of pyridine rings is 1. The molecule has 0 aliphatic heterocycles. The fourth-order valence-corrected chi connectivity index (χ4v) is 11.1. The number of nitrogens with zero attached hydrogens (tertiary/aromatic N) is 2. The number of hydrogen-bond donors (Lipinski definition) is 0. The highest BCUT2D eigenvalue weighted by atomic mass is 31.2. The van der Waals surface area contributed by atoms with E-state index in [-0.39, 0.29) is 0 Å². The standard InChI is InChI=1S/C49H31N2OP/c52-53(37-12-3-1-4-13-37,38-14-5-2-6-15-38)39-24-28-41-36(30-39)20-19-35-29-33(22-25-40(35)41)34-23-26-43-44-27-21-32-11-7-8-16-42(32)48(44)49-50-45-17-9-10-18-46(45)51(49)47(43)31-34/h1-31H. The zero-order chi connectivity index (χ0) is 35.1. The Kier molecular flexibility index (Phi) is 6.53. The summed E-state index contributed by atoms with van der Waals surface area (Å²) in [6, 6.07) is 65.6. The first kappa shape index (κ1) is 30.1. The molecule has 11 aromatic rings. The monoisotopic (exact) mass is 694 g/mol. The van der Waals surface area contributed by atoms with Crippen molar-refractivity contribution < 1.29 is 4.57 Å². The second-order valence-electron chi connectivity index (χ2n) is 13.9. The molecule has 3 nitrogen and oxygen atoms in total. The molecule has 0 spiro atoms. The van der Waals surface area contributed by atoms with Crippen LogP contribution in [0.3, 0.4) is 0 Å². The minimum atomic E-state index is -3.07. The summed E-state index contributed by atoms with van der Waals surface area (Å²) in [4.78, 5) is 5.22. The number of rotatable bonds is 4. The molecule has 11 rings (SSSR count). The van der Waals surface area contributed by atoms with E-state index in [1.807, 2.05) is 60.7 Å². The first-order valence-electron chi connectivity index (χ1n) is 18.0. The molecule has 0 fully saturated rings. The zero-order valence-electron chi connectivity index (χ0n) is 28.6. The van der Waals surface area contributed by atoms with Crippen molar-refractivity contribution in [2.24, 2.45) is 0 Å². The van der Waals surface area contributed by atoms with Crippen molar-refractivity contribution in [3.63, 3.8) is 0 Å². The molecule has 0 unspecified atom stereocenters. The molecule has 0 radical (unpaired) electrons. The number of benzene rings is 9. The van der Waals surface area contributed by atoms with Crippen molar-refractivity contribution in [2.75, 3.05) is 0 Å². The van der Waals surface area contributed by atoms with E-state index in [1.54, 1.807) is 0 Å². The fraction of sp³-hybridized carbons (Fsp3) is 0. The van der Waals surface area contributed by atoms with Gasteiger partial charge in [-0.3, -0.25) is 4.40 Å². The lowest BCUT2D eigenvalue weighted by molar-refractivity contribution is 0.592. The summed E-state index contributed by atoms with van der Waals surface area (Å²) >= 11 is 0. The van der Waals surface area contributed by atoms with Gasteiger partial charge in [0.2, 0.25) is 0 Å². The van der Waals surface area contributed by atoms with Crippen molar-refractivity contribution >= 4 is 93.7 Å². The van der Waals surface area contributed by atoms with E-state index in [2.05, 4.69) is 132 Å². The molecular formula is C49H31N2OP. The molecule has 9 aromatic carbocycles. The maximum atomic E-state index is 15.1. The highest BCUT2D eigenvalue weighted by Crippen LogP contribution is 2.44. The van der Waals surface area contributed by atoms with Gasteiger partial charge in [0.25, 0.3) is 0 Å². The van der Waals surface area contributed by atoms with E-state index >= 15 is 4.57 Å². The van der Waals surface area contributed by atoms with Crippen LogP contribution in [0.25, 0.3) is 81.8 Å². The van der Waals surface area contributed by atoms with Gasteiger partial charge in [0.05, 0.1) is 16.6 Å². The summed E-state index contributed by atoms with van der Waals surface area (Å²) in [5, 5.41) is 13.1. The van der Waals surface area contributed by atoms with E-state index in [0.29, 0.717) is 0 Å². The van der Waals surface area contributed by atoms with Gasteiger partial charge in [0, 0.05) is 26.7 Å². The Bertz CT molecular complexity index is 3270. The lowest BCUT2D eigenvalue weighted by Gasteiger charge is -2.20. The molecule has 0 aliphatic carbocycles. The van der Waals surface area contributed by atoms with Crippen LogP contribution < -0.4 is 15.9 Å². The molecule has 0 bridgehead atoms. The molecule has 4 heteroatoms. The van der Waals surface area contributed by atoms with Crippen molar-refractivity contribution in [1.29, 1.82) is 0 Å². The Morgan fingerprint density at radius 2 is 0.981 bits per heavy atom. The van der Waals surface area contributed by atoms with Crippen LogP contribution in [0.1, 0.15) is 0 Å². The maximum absolute atomic E-state index is 15.1. The molecule has 2 heterocycles. The summed E-state index contributed by atoms with van der Waals surface area (Å²) in [6.07, 6.45) is 0. The summed E-state index contributed by atoms with van der Waals surface area (Å²) in [5.74, 6) is 0. The molecule has 0 saturated carbocycles. The predicted octanol–water partition coefficient (Wildman–Crippen LogP) is 11.6. The average molecular weight is 695 g/mol. The number of hydrogen-bond acceptors (Lipinski definition) is 2. The Balaban J connectivity index is 1.08. The normalized spacial score (nSPS) is 12.2. The average Bonchev–Trinajstić information content (AvgIpc) is 3.63. The first-order valence-corrected chi connectivity index (χ1v) is 19.7. The number of aromatic nitrogens is 2. The quantitative estimate of drug-likeness (QED) is 0.136. The Hall–Kier alpha value is -6.54. The molecule has 0 amide bonds. The first-order chi connectivity index (χ1) is 26.1. The molecule has 53 heavy (non-hydrogen) atoms. The summed E-state index contributed by atoms with van der Waals surface area (Å²) in [6.45, 7) is 0. The van der Waals surface area contributed by atoms with Crippen molar-refractivity contribution in [2.45, 2.75) is 0 Å². The van der Waals surface area contributed by atoms with Crippen LogP contribution in [0.4, 0.5) is 0 Å². The minimum absolute atomic E-state index is 0.841. The second kappa shape index (κ2) is 11.5. The third-order valence-electron chi connectivity index (χ3n) is 11.0. The van der Waals surface area contributed by atoms with Gasteiger partial charge >= 0.3 is 0 Å². The third-order valence-corrected chi connectivity index (χ3v) is 14.1. The van der Waals surface area contributed by atoms with E-state index in [9.17, 15) is 0 Å². The van der Waals surface area contributed by atoms with E-state index < -0.39 is 7.14 Å².